The summed E-state index contributed by atoms with van der Waals surface area (Å²) in [6, 6.07) is 1.52. The van der Waals surface area contributed by atoms with Crippen LogP contribution in [0.4, 0.5) is 0 Å². The van der Waals surface area contributed by atoms with Crippen molar-refractivity contribution in [2.45, 2.75) is 33.2 Å². The average molecular weight is 222 g/mol. The monoisotopic (exact) mass is 222 g/mol. The minimum atomic E-state index is -0.293. The topological polar surface area (TPSA) is 83.3 Å². The van der Waals surface area contributed by atoms with Crippen molar-refractivity contribution in [1.82, 2.24) is 10.4 Å². The van der Waals surface area contributed by atoms with Gasteiger partial charge in [-0.05, 0) is 27.7 Å². The highest BCUT2D eigenvalue weighted by Crippen LogP contribution is 2.07. The second-order valence-corrected chi connectivity index (χ2v) is 4.67. The first-order valence-corrected chi connectivity index (χ1v) is 5.09. The molecule has 4 N–H and O–H groups in total. The van der Waals surface area contributed by atoms with Crippen molar-refractivity contribution < 1.29 is 0 Å². The van der Waals surface area contributed by atoms with Gasteiger partial charge in [0.15, 0.2) is 5.43 Å². The maximum absolute atomic E-state index is 11.7. The van der Waals surface area contributed by atoms with E-state index in [0.717, 1.165) is 5.69 Å². The molecule has 0 fully saturated rings. The number of pyridine rings is 1. The highest BCUT2D eigenvalue weighted by Gasteiger charge is 2.13. The third-order valence-electron chi connectivity index (χ3n) is 1.90. The summed E-state index contributed by atoms with van der Waals surface area (Å²) in [5.74, 6) is 5.78. The number of nitrogens with two attached hydrogens (primary N) is 1. The summed E-state index contributed by atoms with van der Waals surface area (Å²) in [5, 5.41) is 0. The fourth-order valence-electron chi connectivity index (χ4n) is 1.26. The third kappa shape index (κ3) is 3.20. The molecule has 0 aromatic carbocycles. The van der Waals surface area contributed by atoms with Crippen LogP contribution in [0.15, 0.2) is 22.1 Å². The van der Waals surface area contributed by atoms with Crippen LogP contribution in [0.1, 0.15) is 32.0 Å². The summed E-state index contributed by atoms with van der Waals surface area (Å²) in [6.45, 7) is 7.63. The molecule has 5 nitrogen and oxygen atoms in total. The van der Waals surface area contributed by atoms with Gasteiger partial charge < -0.3 is 10.4 Å². The molecule has 0 bridgehead atoms. The number of H-pyrrole nitrogens is 1. The van der Waals surface area contributed by atoms with Crippen LogP contribution in [-0.4, -0.2) is 16.4 Å². The Balaban J connectivity index is 3.25. The van der Waals surface area contributed by atoms with Gasteiger partial charge in [0.25, 0.3) is 0 Å². The predicted octanol–water partition coefficient (Wildman–Crippen LogP) is 0.692. The van der Waals surface area contributed by atoms with Crippen LogP contribution in [0.3, 0.4) is 0 Å². The van der Waals surface area contributed by atoms with E-state index in [0.29, 0.717) is 11.4 Å². The Hall–Kier alpha value is -1.62. The van der Waals surface area contributed by atoms with Gasteiger partial charge in [0.1, 0.15) is 5.84 Å². The molecule has 0 aliphatic rings. The first-order chi connectivity index (χ1) is 7.33. The molecular formula is C11H18N4O. The number of aliphatic imine (C=N–C) groups is 1. The number of nitrogens with zero attached hydrogens (tertiary/aromatic N) is 1. The van der Waals surface area contributed by atoms with E-state index in [1.54, 1.807) is 6.20 Å². The van der Waals surface area contributed by atoms with Crippen molar-refractivity contribution in [3.63, 3.8) is 0 Å². The van der Waals surface area contributed by atoms with E-state index in [9.17, 15) is 4.79 Å². The van der Waals surface area contributed by atoms with E-state index in [4.69, 9.17) is 5.84 Å². The zero-order valence-electron chi connectivity index (χ0n) is 10.1. The van der Waals surface area contributed by atoms with E-state index < -0.39 is 0 Å². The molecule has 0 unspecified atom stereocenters. The van der Waals surface area contributed by atoms with Crippen LogP contribution in [0, 0.1) is 6.92 Å². The van der Waals surface area contributed by atoms with Crippen molar-refractivity contribution in [1.29, 1.82) is 0 Å². The Kier molecular flexibility index (Phi) is 3.49. The highest BCUT2D eigenvalue weighted by molar-refractivity contribution is 5.98. The Bertz CT molecular complexity index is 454. The maximum Gasteiger partial charge on any atom is 0.192 e. The molecule has 0 saturated carbocycles. The molecular weight excluding hydrogens is 204 g/mol. The molecule has 1 rings (SSSR count). The van der Waals surface area contributed by atoms with Crippen LogP contribution in [0.5, 0.6) is 0 Å². The second kappa shape index (κ2) is 4.49. The van der Waals surface area contributed by atoms with Crippen LogP contribution >= 0.6 is 0 Å². The first kappa shape index (κ1) is 12.4. The third-order valence-corrected chi connectivity index (χ3v) is 1.90. The van der Waals surface area contributed by atoms with Gasteiger partial charge >= 0.3 is 0 Å². The van der Waals surface area contributed by atoms with Crippen LogP contribution in [0.25, 0.3) is 0 Å². The van der Waals surface area contributed by atoms with Gasteiger partial charge in [0, 0.05) is 18.0 Å². The molecule has 0 saturated heterocycles. The number of nitrogens with one attached hydrogen (secondary N) is 2. The minimum absolute atomic E-state index is 0.0998. The van der Waals surface area contributed by atoms with E-state index in [-0.39, 0.29) is 11.0 Å². The Morgan fingerprint density at radius 2 is 2.12 bits per heavy atom. The van der Waals surface area contributed by atoms with Crippen molar-refractivity contribution in [3.05, 3.63) is 33.7 Å². The number of rotatable bonds is 1. The molecule has 88 valence electrons. The fraction of sp³-hybridized carbons (Fsp3) is 0.455. The largest absolute Gasteiger partial charge is 0.364 e. The summed E-state index contributed by atoms with van der Waals surface area (Å²) >= 11 is 0. The van der Waals surface area contributed by atoms with Gasteiger partial charge in [-0.1, -0.05) is 0 Å². The number of hydrogen-bond acceptors (Lipinski definition) is 3. The minimum Gasteiger partial charge on any atom is -0.364 e. The van der Waals surface area contributed by atoms with Crippen molar-refractivity contribution in [2.75, 3.05) is 0 Å². The van der Waals surface area contributed by atoms with Crippen molar-refractivity contribution in [3.8, 4) is 0 Å². The van der Waals surface area contributed by atoms with E-state index in [1.807, 2.05) is 27.7 Å². The zero-order valence-corrected chi connectivity index (χ0v) is 10.1. The second-order valence-electron chi connectivity index (χ2n) is 4.67. The number of aromatic amines is 1. The molecule has 0 atom stereocenters. The van der Waals surface area contributed by atoms with E-state index in [1.165, 1.54) is 6.07 Å². The quantitative estimate of drug-likeness (QED) is 0.283. The maximum atomic E-state index is 11.7. The van der Waals surface area contributed by atoms with E-state index >= 15 is 0 Å². The zero-order chi connectivity index (χ0) is 12.3. The van der Waals surface area contributed by atoms with Gasteiger partial charge in [-0.2, -0.15) is 0 Å². The Morgan fingerprint density at radius 1 is 1.50 bits per heavy atom. The number of aryl methyl sites for hydroxylation is 1. The summed E-state index contributed by atoms with van der Waals surface area (Å²) in [5.41, 5.74) is 3.33. The summed E-state index contributed by atoms with van der Waals surface area (Å²) in [6.07, 6.45) is 1.61. The molecule has 1 aromatic heterocycles. The molecule has 5 heteroatoms. The number of hydrogen-bond donors (Lipinski definition) is 3. The smallest absolute Gasteiger partial charge is 0.192 e. The van der Waals surface area contributed by atoms with Crippen LogP contribution in [0.2, 0.25) is 0 Å². The molecule has 0 spiro atoms. The Morgan fingerprint density at radius 3 is 2.56 bits per heavy atom. The van der Waals surface area contributed by atoms with Gasteiger partial charge in [0.2, 0.25) is 0 Å². The van der Waals surface area contributed by atoms with Crippen LogP contribution in [-0.2, 0) is 0 Å². The molecule has 16 heavy (non-hydrogen) atoms. The predicted molar refractivity (Wildman–Crippen MR) is 65.4 cm³/mol. The molecule has 0 aliphatic carbocycles. The average Bonchev–Trinajstić information content (AvgIpc) is 2.13. The summed E-state index contributed by atoms with van der Waals surface area (Å²) < 4.78 is 0. The van der Waals surface area contributed by atoms with Gasteiger partial charge in [-0.15, -0.1) is 0 Å². The van der Waals surface area contributed by atoms with Gasteiger partial charge in [-0.3, -0.25) is 9.79 Å². The SMILES string of the molecule is Cc1cc(=O)c(C(=NC(C)(C)C)NN)c[nH]1. The van der Waals surface area contributed by atoms with Crippen LogP contribution < -0.4 is 16.7 Å². The number of aromatic nitrogens is 1. The number of hydrazine groups is 1. The van der Waals surface area contributed by atoms with Crippen molar-refractivity contribution >= 4 is 5.84 Å². The molecule has 0 aliphatic heterocycles. The standard InChI is InChI=1S/C11H18N4O/c1-7-5-9(16)8(6-13-7)10(15-12)14-11(2,3)4/h5-6H,12H2,1-4H3,(H,13,16)(H,14,15). The lowest BCUT2D eigenvalue weighted by atomic mass is 10.1. The molecule has 1 aromatic rings. The van der Waals surface area contributed by atoms with Gasteiger partial charge in [-0.25, -0.2) is 5.84 Å². The van der Waals surface area contributed by atoms with E-state index in [2.05, 4.69) is 15.4 Å². The molecule has 1 heterocycles. The normalized spacial score (nSPS) is 12.7. The summed E-state index contributed by atoms with van der Waals surface area (Å²) in [7, 11) is 0. The molecule has 0 radical (unpaired) electrons. The van der Waals surface area contributed by atoms with Gasteiger partial charge in [0.05, 0.1) is 11.1 Å². The van der Waals surface area contributed by atoms with Crippen molar-refractivity contribution in [2.24, 2.45) is 10.8 Å². The first-order valence-electron chi connectivity index (χ1n) is 5.09. The lowest BCUT2D eigenvalue weighted by Gasteiger charge is -2.15. The molecule has 0 amide bonds. The Labute approximate surface area is 94.8 Å². The summed E-state index contributed by atoms with van der Waals surface area (Å²) in [4.78, 5) is 19.0. The fourth-order valence-corrected chi connectivity index (χ4v) is 1.26. The number of amidine groups is 1. The lowest BCUT2D eigenvalue weighted by Crippen LogP contribution is -2.36. The lowest BCUT2D eigenvalue weighted by molar-refractivity contribution is 0.580. The highest BCUT2D eigenvalue weighted by atomic mass is 16.1.